The molecule has 0 aliphatic rings. The summed E-state index contributed by atoms with van der Waals surface area (Å²) < 4.78 is 64.0. The minimum atomic E-state index is -4.02. The van der Waals surface area contributed by atoms with Gasteiger partial charge in [0.25, 0.3) is 20.2 Å². The quantitative estimate of drug-likeness (QED) is 0.326. The van der Waals surface area contributed by atoms with Crippen LogP contribution in [0, 0.1) is 20.8 Å². The van der Waals surface area contributed by atoms with Gasteiger partial charge >= 0.3 is 0 Å². The van der Waals surface area contributed by atoms with Gasteiger partial charge in [-0.3, -0.25) is 9.11 Å². The molecule has 0 saturated heterocycles. The Kier molecular flexibility index (Phi) is 11.9. The first-order valence-corrected chi connectivity index (χ1v) is 13.1. The van der Waals surface area contributed by atoms with Crippen molar-refractivity contribution < 1.29 is 30.7 Å². The maximum absolute atomic E-state index is 10.5. The van der Waals surface area contributed by atoms with Gasteiger partial charge in [-0.25, -0.2) is 0 Å². The largest absolute Gasteiger partial charge is 0.383 e. The van der Waals surface area contributed by atoms with Gasteiger partial charge in [0.1, 0.15) is 0 Å². The molecule has 0 radical (unpaired) electrons. The van der Waals surface area contributed by atoms with E-state index < -0.39 is 20.2 Å². The molecule has 3 aromatic rings. The molecule has 3 N–H and O–H groups in total. The number of methoxy groups -OCH3 is 1. The van der Waals surface area contributed by atoms with E-state index in [1.54, 1.807) is 31.4 Å². The molecule has 0 saturated carbocycles. The molecule has 10 heteroatoms. The van der Waals surface area contributed by atoms with Crippen LogP contribution in [-0.2, 0) is 25.0 Å². The summed E-state index contributed by atoms with van der Waals surface area (Å²) in [5.41, 5.74) is 4.35. The molecule has 0 bridgehead atoms. The first kappa shape index (κ1) is 29.3. The standard InChI is InChI=1S/C10H15NO.2C7H8O3S/c1-9-4-3-5-10(8-9)11-6-7-12-2;2*1-6-2-4-7(5-3-6)11(8,9)10/h3-5,8,11H,6-7H2,1-2H3;2*2-5H,1H3,(H,8,9,10). The van der Waals surface area contributed by atoms with Gasteiger partial charge in [0.2, 0.25) is 0 Å². The Bertz CT molecular complexity index is 1150. The predicted molar refractivity (Wildman–Crippen MR) is 134 cm³/mol. The van der Waals surface area contributed by atoms with Crippen LogP contribution in [0.25, 0.3) is 0 Å². The number of nitrogens with one attached hydrogen (secondary N) is 1. The Balaban J connectivity index is 0.000000255. The highest BCUT2D eigenvalue weighted by molar-refractivity contribution is 7.86. The molecule has 0 unspecified atom stereocenters. The molecule has 0 atom stereocenters. The Morgan fingerprint density at radius 2 is 1.15 bits per heavy atom. The summed E-state index contributed by atoms with van der Waals surface area (Å²) in [7, 11) is -6.33. The van der Waals surface area contributed by atoms with Crippen molar-refractivity contribution in [3.8, 4) is 0 Å². The molecular formula is C24H31NO7S2. The van der Waals surface area contributed by atoms with Crippen LogP contribution in [0.5, 0.6) is 0 Å². The number of benzene rings is 3. The van der Waals surface area contributed by atoms with E-state index in [2.05, 4.69) is 30.4 Å². The van der Waals surface area contributed by atoms with Crippen LogP contribution < -0.4 is 5.32 Å². The highest BCUT2D eigenvalue weighted by Crippen LogP contribution is 2.10. The van der Waals surface area contributed by atoms with E-state index in [4.69, 9.17) is 13.8 Å². The van der Waals surface area contributed by atoms with Crippen LogP contribution in [0.2, 0.25) is 0 Å². The van der Waals surface area contributed by atoms with E-state index in [-0.39, 0.29) is 9.79 Å². The maximum Gasteiger partial charge on any atom is 0.294 e. The summed E-state index contributed by atoms with van der Waals surface area (Å²) in [6.07, 6.45) is 0. The molecule has 8 nitrogen and oxygen atoms in total. The summed E-state index contributed by atoms with van der Waals surface area (Å²) in [6, 6.07) is 20.3. The second-order valence-electron chi connectivity index (χ2n) is 7.37. The third-order valence-corrected chi connectivity index (χ3v) is 6.03. The van der Waals surface area contributed by atoms with E-state index in [1.807, 2.05) is 19.9 Å². The highest BCUT2D eigenvalue weighted by Gasteiger charge is 2.07. The van der Waals surface area contributed by atoms with Gasteiger partial charge in [-0.2, -0.15) is 16.8 Å². The van der Waals surface area contributed by atoms with Gasteiger partial charge < -0.3 is 10.1 Å². The molecule has 0 aromatic heterocycles. The Labute approximate surface area is 202 Å². The second kappa shape index (κ2) is 13.8. The molecule has 0 fully saturated rings. The van der Waals surface area contributed by atoms with E-state index in [0.717, 1.165) is 30.0 Å². The number of hydrogen-bond acceptors (Lipinski definition) is 6. The molecule has 0 aliphatic carbocycles. The van der Waals surface area contributed by atoms with Gasteiger partial charge in [0.05, 0.1) is 16.4 Å². The van der Waals surface area contributed by atoms with E-state index in [0.29, 0.717) is 0 Å². The minimum absolute atomic E-state index is 0.0666. The third-order valence-electron chi connectivity index (χ3n) is 4.29. The second-order valence-corrected chi connectivity index (χ2v) is 10.2. The number of hydrogen-bond donors (Lipinski definition) is 3. The SMILES string of the molecule is COCCNc1cccc(C)c1.Cc1ccc(S(=O)(=O)O)cc1.Cc1ccc(S(=O)(=O)O)cc1. The summed E-state index contributed by atoms with van der Waals surface area (Å²) >= 11 is 0. The van der Waals surface area contributed by atoms with E-state index in [1.165, 1.54) is 29.8 Å². The van der Waals surface area contributed by atoms with Crippen LogP contribution in [0.15, 0.2) is 82.6 Å². The van der Waals surface area contributed by atoms with Crippen molar-refractivity contribution in [2.24, 2.45) is 0 Å². The first-order chi connectivity index (χ1) is 15.8. The first-order valence-electron chi connectivity index (χ1n) is 10.2. The van der Waals surface area contributed by atoms with Gasteiger partial charge in [-0.15, -0.1) is 0 Å². The number of rotatable bonds is 6. The molecule has 3 rings (SSSR count). The molecule has 186 valence electrons. The summed E-state index contributed by atoms with van der Waals surface area (Å²) in [4.78, 5) is -0.133. The van der Waals surface area contributed by atoms with Crippen LogP contribution >= 0.6 is 0 Å². The maximum atomic E-state index is 10.5. The fraction of sp³-hybridized carbons (Fsp3) is 0.250. The lowest BCUT2D eigenvalue weighted by molar-refractivity contribution is 0.211. The van der Waals surface area contributed by atoms with Crippen molar-refractivity contribution in [3.63, 3.8) is 0 Å². The smallest absolute Gasteiger partial charge is 0.294 e. The lowest BCUT2D eigenvalue weighted by atomic mass is 10.2. The molecule has 34 heavy (non-hydrogen) atoms. The molecule has 0 heterocycles. The van der Waals surface area contributed by atoms with Crippen LogP contribution in [-0.4, -0.2) is 46.2 Å². The molecular weight excluding hydrogens is 478 g/mol. The van der Waals surface area contributed by atoms with E-state index >= 15 is 0 Å². The van der Waals surface area contributed by atoms with Crippen molar-refractivity contribution >= 4 is 25.9 Å². The van der Waals surface area contributed by atoms with Gasteiger partial charge in [-0.1, -0.05) is 47.5 Å². The summed E-state index contributed by atoms with van der Waals surface area (Å²) in [5.74, 6) is 0. The zero-order valence-electron chi connectivity index (χ0n) is 19.6. The monoisotopic (exact) mass is 509 g/mol. The number of aryl methyl sites for hydroxylation is 3. The van der Waals surface area contributed by atoms with Gasteiger partial charge in [0, 0.05) is 19.3 Å². The van der Waals surface area contributed by atoms with Gasteiger partial charge in [0.15, 0.2) is 0 Å². The normalized spacial score (nSPS) is 10.9. The van der Waals surface area contributed by atoms with Crippen LogP contribution in [0.4, 0.5) is 5.69 Å². The fourth-order valence-electron chi connectivity index (χ4n) is 2.47. The lowest BCUT2D eigenvalue weighted by Crippen LogP contribution is -2.07. The highest BCUT2D eigenvalue weighted by atomic mass is 32.2. The number of ether oxygens (including phenoxy) is 1. The average molecular weight is 510 g/mol. The predicted octanol–water partition coefficient (Wildman–Crippen LogP) is 4.54. The zero-order valence-corrected chi connectivity index (χ0v) is 21.2. The Hall–Kier alpha value is -2.76. The Morgan fingerprint density at radius 1 is 0.706 bits per heavy atom. The van der Waals surface area contributed by atoms with Crippen molar-refractivity contribution in [1.82, 2.24) is 0 Å². The van der Waals surface area contributed by atoms with E-state index in [9.17, 15) is 16.8 Å². The van der Waals surface area contributed by atoms with Crippen molar-refractivity contribution in [1.29, 1.82) is 0 Å². The van der Waals surface area contributed by atoms with Crippen molar-refractivity contribution in [2.45, 2.75) is 30.6 Å². The molecule has 0 amide bonds. The lowest BCUT2D eigenvalue weighted by Gasteiger charge is -2.05. The minimum Gasteiger partial charge on any atom is -0.383 e. The molecule has 0 spiro atoms. The van der Waals surface area contributed by atoms with Crippen LogP contribution in [0.3, 0.4) is 0 Å². The van der Waals surface area contributed by atoms with Crippen LogP contribution in [0.1, 0.15) is 16.7 Å². The topological polar surface area (TPSA) is 130 Å². The number of anilines is 1. The third kappa shape index (κ3) is 11.9. The van der Waals surface area contributed by atoms with Crippen molar-refractivity contribution in [3.05, 3.63) is 89.5 Å². The van der Waals surface area contributed by atoms with Crippen molar-refractivity contribution in [2.75, 3.05) is 25.6 Å². The van der Waals surface area contributed by atoms with Gasteiger partial charge in [-0.05, 0) is 62.7 Å². The molecule has 0 aliphatic heterocycles. The Morgan fingerprint density at radius 3 is 1.50 bits per heavy atom. The average Bonchev–Trinajstić information content (AvgIpc) is 2.74. The molecule has 3 aromatic carbocycles. The zero-order chi connectivity index (χ0) is 25.8. The summed E-state index contributed by atoms with van der Waals surface area (Å²) in [6.45, 7) is 7.37. The summed E-state index contributed by atoms with van der Waals surface area (Å²) in [5, 5.41) is 3.26. The fourth-order valence-corrected chi connectivity index (χ4v) is 3.43.